The molecule has 0 unspecified atom stereocenters. The number of nitrogens with zero attached hydrogens (tertiary/aromatic N) is 2. The molecule has 2 aliphatic carbocycles. The second-order valence-corrected chi connectivity index (χ2v) is 8.07. The number of aromatic amines is 1. The molecule has 1 heterocycles. The minimum Gasteiger partial charge on any atom is -0.382 e. The van der Waals surface area contributed by atoms with E-state index in [2.05, 4.69) is 10.2 Å². The van der Waals surface area contributed by atoms with Gasteiger partial charge in [-0.15, -0.1) is 0 Å². The molecule has 0 bridgehead atoms. The lowest BCUT2D eigenvalue weighted by Crippen LogP contribution is -2.22. The van der Waals surface area contributed by atoms with Gasteiger partial charge in [0.05, 0.1) is 17.3 Å². The minimum atomic E-state index is -3.37. The van der Waals surface area contributed by atoms with E-state index < -0.39 is 36.4 Å². The predicted molar refractivity (Wildman–Crippen MR) is 104 cm³/mol. The van der Waals surface area contributed by atoms with Crippen molar-refractivity contribution >= 4 is 0 Å². The van der Waals surface area contributed by atoms with Crippen molar-refractivity contribution in [3.05, 3.63) is 75.7 Å². The van der Waals surface area contributed by atoms with Gasteiger partial charge in [0.1, 0.15) is 18.1 Å². The zero-order valence-corrected chi connectivity index (χ0v) is 16.2. The van der Waals surface area contributed by atoms with E-state index in [1.165, 1.54) is 6.20 Å². The second-order valence-electron chi connectivity index (χ2n) is 8.07. The van der Waals surface area contributed by atoms with Crippen LogP contribution in [0.15, 0.2) is 36.5 Å². The Labute approximate surface area is 175 Å². The quantitative estimate of drug-likeness (QED) is 0.549. The Morgan fingerprint density at radius 3 is 2.65 bits per heavy atom. The third-order valence-electron chi connectivity index (χ3n) is 6.34. The van der Waals surface area contributed by atoms with Gasteiger partial charge in [-0.25, -0.2) is 17.6 Å². The van der Waals surface area contributed by atoms with Crippen LogP contribution in [0.3, 0.4) is 0 Å². The molecule has 3 atom stereocenters. The number of fused-ring (bicyclic) bond motifs is 2. The van der Waals surface area contributed by atoms with Gasteiger partial charge in [0, 0.05) is 24.1 Å². The van der Waals surface area contributed by atoms with Crippen molar-refractivity contribution in [3.63, 3.8) is 0 Å². The zero-order chi connectivity index (χ0) is 21.9. The van der Waals surface area contributed by atoms with E-state index in [9.17, 15) is 27.9 Å². The Bertz CT molecular complexity index is 1220. The SMILES string of the molecule is N#Cc1cc(F)cc2c1[C@@H](c1ccc(-c3ccn[nH]3)c3c1CC(F)(F)[C@H]3O)CC[C@@H]2F. The lowest BCUT2D eigenvalue weighted by atomic mass is 9.74. The van der Waals surface area contributed by atoms with Crippen LogP contribution in [0, 0.1) is 17.1 Å². The molecule has 0 fully saturated rings. The van der Waals surface area contributed by atoms with Crippen molar-refractivity contribution in [3.8, 4) is 17.3 Å². The van der Waals surface area contributed by atoms with E-state index in [1.807, 2.05) is 6.07 Å². The maximum atomic E-state index is 14.6. The van der Waals surface area contributed by atoms with E-state index in [-0.39, 0.29) is 35.1 Å². The Morgan fingerprint density at radius 1 is 1.13 bits per heavy atom. The summed E-state index contributed by atoms with van der Waals surface area (Å²) < 4.78 is 57.8. The molecule has 4 nitrogen and oxygen atoms in total. The molecule has 0 saturated carbocycles. The number of rotatable bonds is 2. The summed E-state index contributed by atoms with van der Waals surface area (Å²) in [5.74, 6) is -4.63. The van der Waals surface area contributed by atoms with Gasteiger partial charge in [-0.1, -0.05) is 12.1 Å². The molecule has 0 saturated heterocycles. The molecule has 158 valence electrons. The van der Waals surface area contributed by atoms with Gasteiger partial charge >= 0.3 is 0 Å². The average Bonchev–Trinajstić information content (AvgIpc) is 3.35. The van der Waals surface area contributed by atoms with E-state index >= 15 is 0 Å². The highest BCUT2D eigenvalue weighted by Crippen LogP contribution is 2.52. The van der Waals surface area contributed by atoms with Crippen LogP contribution in [-0.2, 0) is 6.42 Å². The van der Waals surface area contributed by atoms with Crippen molar-refractivity contribution in [2.45, 2.75) is 43.4 Å². The minimum absolute atomic E-state index is 0.000880. The van der Waals surface area contributed by atoms with Crippen molar-refractivity contribution in [1.29, 1.82) is 5.26 Å². The smallest absolute Gasteiger partial charge is 0.281 e. The standard InChI is InChI=1S/C23H17F4N3O/c24-12-7-11(10-28)20-14(3-4-18(25)16(20)8-12)13-1-2-15(19-5-6-29-30-19)21-17(13)9-23(26,27)22(21)31/h1-2,5-8,14,18,22,31H,3-4,9H2,(H,29,30)/t14-,18+,22+/m1/s1. The lowest BCUT2D eigenvalue weighted by Gasteiger charge is -2.31. The summed E-state index contributed by atoms with van der Waals surface area (Å²) in [5, 5.41) is 26.6. The molecule has 31 heavy (non-hydrogen) atoms. The first-order valence-corrected chi connectivity index (χ1v) is 9.90. The molecule has 2 N–H and O–H groups in total. The number of benzene rings is 2. The first kappa shape index (κ1) is 19.8. The van der Waals surface area contributed by atoms with Crippen molar-refractivity contribution in [2.24, 2.45) is 0 Å². The summed E-state index contributed by atoms with van der Waals surface area (Å²) in [6.07, 6.45) is -2.25. The Hall–Kier alpha value is -3.18. The number of nitrogens with one attached hydrogen (secondary N) is 1. The van der Waals surface area contributed by atoms with Crippen LogP contribution in [0.1, 0.15) is 64.4 Å². The number of nitriles is 1. The van der Waals surface area contributed by atoms with Crippen molar-refractivity contribution in [2.75, 3.05) is 0 Å². The predicted octanol–water partition coefficient (Wildman–Crippen LogP) is 5.25. The van der Waals surface area contributed by atoms with E-state index in [0.29, 0.717) is 22.4 Å². The summed E-state index contributed by atoms with van der Waals surface area (Å²) in [6, 6.07) is 8.99. The first-order chi connectivity index (χ1) is 14.8. The average molecular weight is 427 g/mol. The normalized spacial score (nSPS) is 23.8. The molecule has 2 aromatic carbocycles. The molecule has 0 amide bonds. The number of halogens is 4. The summed E-state index contributed by atoms with van der Waals surface area (Å²) in [4.78, 5) is 0. The van der Waals surface area contributed by atoms with Crippen LogP contribution >= 0.6 is 0 Å². The van der Waals surface area contributed by atoms with Gasteiger partial charge < -0.3 is 5.11 Å². The molecular formula is C23H17F4N3O. The highest BCUT2D eigenvalue weighted by molar-refractivity contribution is 5.70. The van der Waals surface area contributed by atoms with E-state index in [4.69, 9.17) is 0 Å². The van der Waals surface area contributed by atoms with Gasteiger partial charge in [-0.2, -0.15) is 10.4 Å². The largest absolute Gasteiger partial charge is 0.382 e. The molecule has 8 heteroatoms. The molecule has 0 aliphatic heterocycles. The van der Waals surface area contributed by atoms with E-state index in [0.717, 1.165) is 12.1 Å². The van der Waals surface area contributed by atoms with Gasteiger partial charge in [-0.05, 0) is 58.9 Å². The van der Waals surface area contributed by atoms with Gasteiger partial charge in [0.15, 0.2) is 0 Å². The molecule has 1 aromatic heterocycles. The summed E-state index contributed by atoms with van der Waals surface area (Å²) in [7, 11) is 0. The number of hydrogen-bond acceptors (Lipinski definition) is 3. The zero-order valence-electron chi connectivity index (χ0n) is 16.2. The van der Waals surface area contributed by atoms with Gasteiger partial charge in [0.2, 0.25) is 0 Å². The lowest BCUT2D eigenvalue weighted by molar-refractivity contribution is -0.0966. The number of alkyl halides is 3. The number of aromatic nitrogens is 2. The van der Waals surface area contributed by atoms with Crippen LogP contribution < -0.4 is 0 Å². The third kappa shape index (κ3) is 2.95. The van der Waals surface area contributed by atoms with E-state index in [1.54, 1.807) is 18.2 Å². The fraction of sp³-hybridized carbons (Fsp3) is 0.304. The molecule has 0 radical (unpaired) electrons. The Kier molecular flexibility index (Phi) is 4.41. The Morgan fingerprint density at radius 2 is 1.94 bits per heavy atom. The maximum absolute atomic E-state index is 14.6. The first-order valence-electron chi connectivity index (χ1n) is 9.90. The fourth-order valence-corrected chi connectivity index (χ4v) is 5.01. The van der Waals surface area contributed by atoms with Gasteiger partial charge in [-0.3, -0.25) is 5.10 Å². The van der Waals surface area contributed by atoms with Crippen LogP contribution in [-0.4, -0.2) is 21.2 Å². The fourth-order valence-electron chi connectivity index (χ4n) is 5.01. The number of hydrogen-bond donors (Lipinski definition) is 2. The van der Waals surface area contributed by atoms with Crippen LogP contribution in [0.4, 0.5) is 17.6 Å². The number of H-pyrrole nitrogens is 1. The van der Waals surface area contributed by atoms with Crippen LogP contribution in [0.2, 0.25) is 0 Å². The molecule has 5 rings (SSSR count). The van der Waals surface area contributed by atoms with Crippen molar-refractivity contribution in [1.82, 2.24) is 10.2 Å². The molecule has 2 aliphatic rings. The highest BCUT2D eigenvalue weighted by Gasteiger charge is 2.50. The molecule has 0 spiro atoms. The van der Waals surface area contributed by atoms with Crippen LogP contribution in [0.25, 0.3) is 11.3 Å². The summed E-state index contributed by atoms with van der Waals surface area (Å²) in [5.41, 5.74) is 2.23. The molecular weight excluding hydrogens is 410 g/mol. The third-order valence-corrected chi connectivity index (χ3v) is 6.34. The molecule has 3 aromatic rings. The number of aliphatic hydroxyl groups is 1. The monoisotopic (exact) mass is 427 g/mol. The second kappa shape index (κ2) is 6.92. The van der Waals surface area contributed by atoms with Gasteiger partial charge in [0.25, 0.3) is 5.92 Å². The van der Waals surface area contributed by atoms with Crippen LogP contribution in [0.5, 0.6) is 0 Å². The summed E-state index contributed by atoms with van der Waals surface area (Å²) in [6.45, 7) is 0. The summed E-state index contributed by atoms with van der Waals surface area (Å²) >= 11 is 0. The Balaban J connectivity index is 1.75. The topological polar surface area (TPSA) is 72.7 Å². The maximum Gasteiger partial charge on any atom is 0.281 e. The highest BCUT2D eigenvalue weighted by atomic mass is 19.3. The number of aliphatic hydroxyl groups excluding tert-OH is 1. The van der Waals surface area contributed by atoms with Crippen molar-refractivity contribution < 1.29 is 22.7 Å².